The third-order valence-electron chi connectivity index (χ3n) is 4.53. The second-order valence-corrected chi connectivity index (χ2v) is 7.33. The Kier molecular flexibility index (Phi) is 4.01. The first-order valence-corrected chi connectivity index (χ1v) is 9.08. The Bertz CT molecular complexity index is 888. The van der Waals surface area contributed by atoms with Gasteiger partial charge in [-0.2, -0.15) is 0 Å². The minimum absolute atomic E-state index is 0.0400. The molecular weight excluding hydrogens is 338 g/mol. The summed E-state index contributed by atoms with van der Waals surface area (Å²) in [5.41, 5.74) is 2.79. The van der Waals surface area contributed by atoms with Crippen molar-refractivity contribution in [2.75, 3.05) is 5.32 Å². The van der Waals surface area contributed by atoms with E-state index in [2.05, 4.69) is 10.6 Å². The van der Waals surface area contributed by atoms with E-state index in [-0.39, 0.29) is 17.8 Å². The number of hydrogen-bond acceptors (Lipinski definition) is 5. The third kappa shape index (κ3) is 3.02. The van der Waals surface area contributed by atoms with Crippen molar-refractivity contribution in [1.29, 1.82) is 0 Å². The van der Waals surface area contributed by atoms with Gasteiger partial charge in [0.1, 0.15) is 11.2 Å². The van der Waals surface area contributed by atoms with Crippen LogP contribution in [0.4, 0.5) is 10.7 Å². The van der Waals surface area contributed by atoms with E-state index in [9.17, 15) is 14.9 Å². The van der Waals surface area contributed by atoms with Gasteiger partial charge in [-0.1, -0.05) is 18.2 Å². The molecule has 2 aliphatic rings. The molecule has 7 heteroatoms. The normalized spacial score (nSPS) is 19.0. The maximum Gasteiger partial charge on any atom is 0.270 e. The Morgan fingerprint density at radius 1 is 1.24 bits per heavy atom. The van der Waals surface area contributed by atoms with Crippen molar-refractivity contribution >= 4 is 34.0 Å². The Morgan fingerprint density at radius 2 is 2.08 bits per heavy atom. The second kappa shape index (κ2) is 6.33. The fourth-order valence-electron chi connectivity index (χ4n) is 3.34. The molecule has 2 heterocycles. The predicted molar refractivity (Wildman–Crippen MR) is 98.0 cm³/mol. The Morgan fingerprint density at radius 3 is 2.92 bits per heavy atom. The zero-order valence-corrected chi connectivity index (χ0v) is 14.3. The number of nitrogens with one attached hydrogen (secondary N) is 2. The van der Waals surface area contributed by atoms with Gasteiger partial charge in [-0.15, -0.1) is 11.3 Å². The number of amides is 1. The molecule has 128 valence electrons. The van der Waals surface area contributed by atoms with Gasteiger partial charge in [-0.3, -0.25) is 14.9 Å². The number of nitro groups is 1. The molecule has 0 saturated heterocycles. The van der Waals surface area contributed by atoms with Gasteiger partial charge in [0.05, 0.1) is 10.5 Å². The highest BCUT2D eigenvalue weighted by Crippen LogP contribution is 2.39. The smallest absolute Gasteiger partial charge is 0.270 e. The van der Waals surface area contributed by atoms with Crippen LogP contribution in [0.15, 0.2) is 30.3 Å². The average molecular weight is 355 g/mol. The van der Waals surface area contributed by atoms with E-state index >= 15 is 0 Å². The maximum atomic E-state index is 12.5. The molecule has 1 amide bonds. The molecule has 4 rings (SSSR count). The quantitative estimate of drug-likeness (QED) is 0.649. The number of nitro benzene ring substituents is 1. The van der Waals surface area contributed by atoms with E-state index in [1.807, 2.05) is 6.08 Å². The Hall–Kier alpha value is -2.67. The lowest BCUT2D eigenvalue weighted by atomic mass is 9.94. The second-order valence-electron chi connectivity index (χ2n) is 6.22. The molecule has 1 aliphatic heterocycles. The molecule has 25 heavy (non-hydrogen) atoms. The zero-order valence-electron chi connectivity index (χ0n) is 13.5. The van der Waals surface area contributed by atoms with Gasteiger partial charge in [0.15, 0.2) is 0 Å². The largest absolute Gasteiger partial charge is 0.353 e. The van der Waals surface area contributed by atoms with Gasteiger partial charge in [-0.05, 0) is 42.9 Å². The Balaban J connectivity index is 1.55. The summed E-state index contributed by atoms with van der Waals surface area (Å²) in [6.07, 6.45) is 7.63. The molecule has 1 atom stereocenters. The molecule has 0 saturated carbocycles. The van der Waals surface area contributed by atoms with E-state index in [1.165, 1.54) is 29.0 Å². The number of anilines is 1. The van der Waals surface area contributed by atoms with Crippen LogP contribution in [-0.2, 0) is 12.8 Å². The number of fused-ring (bicyclic) bond motifs is 3. The van der Waals surface area contributed by atoms with Crippen molar-refractivity contribution in [3.8, 4) is 0 Å². The highest BCUT2D eigenvalue weighted by Gasteiger charge is 2.30. The zero-order chi connectivity index (χ0) is 17.4. The van der Waals surface area contributed by atoms with Crippen LogP contribution < -0.4 is 10.6 Å². The van der Waals surface area contributed by atoms with E-state index < -0.39 is 4.92 Å². The molecule has 1 aliphatic carbocycles. The summed E-state index contributed by atoms with van der Waals surface area (Å²) < 4.78 is 0. The summed E-state index contributed by atoms with van der Waals surface area (Å²) in [5, 5.41) is 18.1. The SMILES string of the molecule is O=C1N[C@H](/C=C/c2cccc([N+](=O)[O-])c2)Nc2sc3c(c21)CCCC3. The van der Waals surface area contributed by atoms with Crippen LogP contribution in [0.5, 0.6) is 0 Å². The molecule has 0 unspecified atom stereocenters. The van der Waals surface area contributed by atoms with Crippen molar-refractivity contribution in [3.05, 3.63) is 62.0 Å². The monoisotopic (exact) mass is 355 g/mol. The lowest BCUT2D eigenvalue weighted by Crippen LogP contribution is -2.43. The molecule has 2 N–H and O–H groups in total. The summed E-state index contributed by atoms with van der Waals surface area (Å²) in [4.78, 5) is 24.3. The van der Waals surface area contributed by atoms with Crippen LogP contribution in [0.25, 0.3) is 6.08 Å². The number of hydrogen-bond donors (Lipinski definition) is 2. The molecule has 0 spiro atoms. The van der Waals surface area contributed by atoms with Crippen LogP contribution in [-0.4, -0.2) is 17.0 Å². The standard InChI is InChI=1S/C18H17N3O3S/c22-17-16-13-6-1-2-7-14(13)25-18(16)20-15(19-17)9-8-11-4-3-5-12(10-11)21(23)24/h3-5,8-10,15,20H,1-2,6-7H2,(H,19,22)/b9-8+/t15-/m0/s1. The molecule has 0 fully saturated rings. The number of non-ortho nitro benzene ring substituents is 1. The van der Waals surface area contributed by atoms with Crippen molar-refractivity contribution in [2.45, 2.75) is 31.8 Å². The highest BCUT2D eigenvalue weighted by atomic mass is 32.1. The third-order valence-corrected chi connectivity index (χ3v) is 5.76. The van der Waals surface area contributed by atoms with Gasteiger partial charge >= 0.3 is 0 Å². The van der Waals surface area contributed by atoms with Gasteiger partial charge in [-0.25, -0.2) is 0 Å². The van der Waals surface area contributed by atoms with Crippen molar-refractivity contribution < 1.29 is 9.72 Å². The summed E-state index contributed by atoms with van der Waals surface area (Å²) in [6, 6.07) is 6.41. The molecule has 1 aromatic heterocycles. The van der Waals surface area contributed by atoms with Crippen LogP contribution in [0.2, 0.25) is 0 Å². The number of benzene rings is 1. The molecular formula is C18H17N3O3S. The van der Waals surface area contributed by atoms with E-state index in [1.54, 1.807) is 29.5 Å². The molecule has 1 aromatic carbocycles. The number of aryl methyl sites for hydroxylation is 1. The van der Waals surface area contributed by atoms with Gasteiger partial charge < -0.3 is 10.6 Å². The first kappa shape index (κ1) is 15.8. The van der Waals surface area contributed by atoms with E-state index in [4.69, 9.17) is 0 Å². The fraction of sp³-hybridized carbons (Fsp3) is 0.278. The average Bonchev–Trinajstić information content (AvgIpc) is 2.99. The van der Waals surface area contributed by atoms with Gasteiger partial charge in [0, 0.05) is 17.0 Å². The molecule has 0 bridgehead atoms. The maximum absolute atomic E-state index is 12.5. The summed E-state index contributed by atoms with van der Waals surface area (Å²) >= 11 is 1.68. The van der Waals surface area contributed by atoms with E-state index in [0.717, 1.165) is 35.4 Å². The first-order chi connectivity index (χ1) is 12.1. The molecule has 6 nitrogen and oxygen atoms in total. The number of rotatable bonds is 3. The first-order valence-electron chi connectivity index (χ1n) is 8.26. The van der Waals surface area contributed by atoms with Crippen LogP contribution in [0, 0.1) is 10.1 Å². The number of thiophene rings is 1. The van der Waals surface area contributed by atoms with Crippen molar-refractivity contribution in [1.82, 2.24) is 5.32 Å². The fourth-order valence-corrected chi connectivity index (χ4v) is 4.67. The minimum atomic E-state index is -0.416. The minimum Gasteiger partial charge on any atom is -0.353 e. The molecule has 0 radical (unpaired) electrons. The number of nitrogens with zero attached hydrogens (tertiary/aromatic N) is 1. The van der Waals surface area contributed by atoms with Crippen LogP contribution in [0.3, 0.4) is 0 Å². The Labute approximate surface area is 148 Å². The van der Waals surface area contributed by atoms with E-state index in [0.29, 0.717) is 0 Å². The summed E-state index contributed by atoms with van der Waals surface area (Å²) in [5.74, 6) is -0.0400. The topological polar surface area (TPSA) is 84.3 Å². The van der Waals surface area contributed by atoms with Gasteiger partial charge in [0.2, 0.25) is 0 Å². The number of carbonyl (C=O) groups excluding carboxylic acids is 1. The van der Waals surface area contributed by atoms with Crippen molar-refractivity contribution in [3.63, 3.8) is 0 Å². The van der Waals surface area contributed by atoms with Crippen molar-refractivity contribution in [2.24, 2.45) is 0 Å². The number of carbonyl (C=O) groups is 1. The predicted octanol–water partition coefficient (Wildman–Crippen LogP) is 3.73. The molecule has 2 aromatic rings. The summed E-state index contributed by atoms with van der Waals surface area (Å²) in [7, 11) is 0. The van der Waals surface area contributed by atoms with Gasteiger partial charge in [0.25, 0.3) is 11.6 Å². The summed E-state index contributed by atoms with van der Waals surface area (Å²) in [6.45, 7) is 0. The highest BCUT2D eigenvalue weighted by molar-refractivity contribution is 7.16. The van der Waals surface area contributed by atoms with Crippen LogP contribution >= 0.6 is 11.3 Å². The lowest BCUT2D eigenvalue weighted by molar-refractivity contribution is -0.384. The van der Waals surface area contributed by atoms with Crippen LogP contribution in [0.1, 0.15) is 39.2 Å². The lowest BCUT2D eigenvalue weighted by Gasteiger charge is -2.24.